The van der Waals surface area contributed by atoms with Crippen LogP contribution in [0, 0.1) is 10.1 Å². The smallest absolute Gasteiger partial charge is 0.228 e. The summed E-state index contributed by atoms with van der Waals surface area (Å²) in [4.78, 5) is 13.2. The summed E-state index contributed by atoms with van der Waals surface area (Å²) in [7, 11) is 0. The van der Waals surface area contributed by atoms with Gasteiger partial charge in [-0.25, -0.2) is 0 Å². The molecule has 0 aliphatic carbocycles. The molecule has 1 atom stereocenters. The fourth-order valence-corrected chi connectivity index (χ4v) is 3.77. The number of ether oxygens (including phenoxy) is 1. The lowest BCUT2D eigenvalue weighted by atomic mass is 9.92. The van der Waals surface area contributed by atoms with Gasteiger partial charge in [0.05, 0.1) is 0 Å². The van der Waals surface area contributed by atoms with Crippen molar-refractivity contribution in [3.05, 3.63) is 106 Å². The van der Waals surface area contributed by atoms with Crippen LogP contribution in [0.25, 0.3) is 0 Å². The SMILES string of the molecule is O=[N+]([O-])CC1c2ccccc2CCN1c1ccc(OCc2ccccc2)cc1. The summed E-state index contributed by atoms with van der Waals surface area (Å²) in [6, 6.07) is 25.6. The number of anilines is 1. The monoisotopic (exact) mass is 374 g/mol. The number of nitro groups is 1. The molecule has 3 aromatic rings. The van der Waals surface area contributed by atoms with Crippen LogP contribution in [-0.2, 0) is 13.0 Å². The fraction of sp³-hybridized carbons (Fsp3) is 0.217. The molecular formula is C23H22N2O3. The minimum atomic E-state index is -0.254. The average molecular weight is 374 g/mol. The molecule has 1 unspecified atom stereocenters. The zero-order valence-corrected chi connectivity index (χ0v) is 15.5. The van der Waals surface area contributed by atoms with E-state index in [1.165, 1.54) is 5.56 Å². The third-order valence-electron chi connectivity index (χ3n) is 5.15. The second kappa shape index (κ2) is 8.13. The number of hydrogen-bond acceptors (Lipinski definition) is 4. The van der Waals surface area contributed by atoms with Gasteiger partial charge in [0.25, 0.3) is 0 Å². The van der Waals surface area contributed by atoms with E-state index >= 15 is 0 Å². The maximum atomic E-state index is 11.3. The quantitative estimate of drug-likeness (QED) is 0.466. The molecule has 0 amide bonds. The lowest BCUT2D eigenvalue weighted by Gasteiger charge is -2.37. The van der Waals surface area contributed by atoms with Crippen molar-refractivity contribution in [3.8, 4) is 5.75 Å². The van der Waals surface area contributed by atoms with Crippen molar-refractivity contribution in [2.45, 2.75) is 19.1 Å². The highest BCUT2D eigenvalue weighted by Gasteiger charge is 2.31. The van der Waals surface area contributed by atoms with Crippen LogP contribution in [-0.4, -0.2) is 18.0 Å². The molecule has 5 heteroatoms. The molecule has 0 aromatic heterocycles. The van der Waals surface area contributed by atoms with Gasteiger partial charge in [0.15, 0.2) is 0 Å². The first-order valence-corrected chi connectivity index (χ1v) is 9.44. The first-order valence-electron chi connectivity index (χ1n) is 9.44. The average Bonchev–Trinajstić information content (AvgIpc) is 2.73. The van der Waals surface area contributed by atoms with Crippen molar-refractivity contribution < 1.29 is 9.66 Å². The Morgan fingerprint density at radius 3 is 2.43 bits per heavy atom. The van der Waals surface area contributed by atoms with Crippen LogP contribution in [0.4, 0.5) is 5.69 Å². The Bertz CT molecular complexity index is 942. The summed E-state index contributed by atoms with van der Waals surface area (Å²) >= 11 is 0. The summed E-state index contributed by atoms with van der Waals surface area (Å²) < 4.78 is 5.86. The Hall–Kier alpha value is -3.34. The molecule has 1 heterocycles. The van der Waals surface area contributed by atoms with Crippen molar-refractivity contribution in [2.75, 3.05) is 18.0 Å². The lowest BCUT2D eigenvalue weighted by molar-refractivity contribution is -0.483. The molecule has 0 fully saturated rings. The van der Waals surface area contributed by atoms with E-state index in [0.29, 0.717) is 6.61 Å². The summed E-state index contributed by atoms with van der Waals surface area (Å²) in [6.45, 7) is 1.17. The molecule has 0 spiro atoms. The molecule has 142 valence electrons. The van der Waals surface area contributed by atoms with Gasteiger partial charge >= 0.3 is 0 Å². The summed E-state index contributed by atoms with van der Waals surface area (Å²) in [5.41, 5.74) is 4.35. The zero-order chi connectivity index (χ0) is 19.3. The molecule has 1 aliphatic rings. The Kier molecular flexibility index (Phi) is 5.24. The molecule has 3 aromatic carbocycles. The van der Waals surface area contributed by atoms with E-state index in [9.17, 15) is 10.1 Å². The highest BCUT2D eigenvalue weighted by atomic mass is 16.6. The van der Waals surface area contributed by atoms with Crippen molar-refractivity contribution in [1.29, 1.82) is 0 Å². The highest BCUT2D eigenvalue weighted by Crippen LogP contribution is 2.34. The molecule has 0 saturated heterocycles. The molecule has 4 rings (SSSR count). The van der Waals surface area contributed by atoms with Gasteiger partial charge in [0, 0.05) is 17.2 Å². The van der Waals surface area contributed by atoms with Gasteiger partial charge in [-0.15, -0.1) is 0 Å². The van der Waals surface area contributed by atoms with E-state index in [-0.39, 0.29) is 17.5 Å². The van der Waals surface area contributed by atoms with Gasteiger partial charge in [0.1, 0.15) is 18.4 Å². The molecule has 0 saturated carbocycles. The molecule has 1 aliphatic heterocycles. The van der Waals surface area contributed by atoms with Crippen LogP contribution in [0.3, 0.4) is 0 Å². The molecule has 28 heavy (non-hydrogen) atoms. The van der Waals surface area contributed by atoms with E-state index in [4.69, 9.17) is 4.74 Å². The third-order valence-corrected chi connectivity index (χ3v) is 5.15. The number of benzene rings is 3. The molecule has 5 nitrogen and oxygen atoms in total. The molecule has 0 bridgehead atoms. The van der Waals surface area contributed by atoms with Gasteiger partial charge in [-0.3, -0.25) is 10.1 Å². The van der Waals surface area contributed by atoms with E-state index in [1.807, 2.05) is 72.8 Å². The van der Waals surface area contributed by atoms with Crippen LogP contribution in [0.2, 0.25) is 0 Å². The van der Waals surface area contributed by atoms with Crippen molar-refractivity contribution >= 4 is 5.69 Å². The predicted octanol–water partition coefficient (Wildman–Crippen LogP) is 4.65. The van der Waals surface area contributed by atoms with Crippen LogP contribution >= 0.6 is 0 Å². The van der Waals surface area contributed by atoms with E-state index < -0.39 is 0 Å². The van der Waals surface area contributed by atoms with Crippen molar-refractivity contribution in [2.24, 2.45) is 0 Å². The Labute approximate surface area is 164 Å². The van der Waals surface area contributed by atoms with Crippen LogP contribution in [0.1, 0.15) is 22.7 Å². The van der Waals surface area contributed by atoms with Crippen LogP contribution < -0.4 is 9.64 Å². The molecule has 0 N–H and O–H groups in total. The van der Waals surface area contributed by atoms with E-state index in [2.05, 4.69) is 11.0 Å². The second-order valence-corrected chi connectivity index (χ2v) is 6.94. The maximum Gasteiger partial charge on any atom is 0.228 e. The minimum absolute atomic E-state index is 0.108. The van der Waals surface area contributed by atoms with Gasteiger partial charge in [-0.2, -0.15) is 0 Å². The van der Waals surface area contributed by atoms with Gasteiger partial charge in [0.2, 0.25) is 6.54 Å². The standard InChI is InChI=1S/C23H22N2O3/c26-25(27)16-23-22-9-5-4-8-19(22)14-15-24(23)20-10-12-21(13-11-20)28-17-18-6-2-1-3-7-18/h1-13,23H,14-17H2. The third kappa shape index (κ3) is 3.98. The van der Waals surface area contributed by atoms with Crippen LogP contribution in [0.5, 0.6) is 5.75 Å². The minimum Gasteiger partial charge on any atom is -0.489 e. The first kappa shape index (κ1) is 18.0. The predicted molar refractivity (Wildman–Crippen MR) is 109 cm³/mol. The molecule has 0 radical (unpaired) electrons. The topological polar surface area (TPSA) is 55.6 Å². The van der Waals surface area contributed by atoms with Gasteiger partial charge in [-0.1, -0.05) is 54.6 Å². The maximum absolute atomic E-state index is 11.3. The molecular weight excluding hydrogens is 352 g/mol. The number of nitrogens with zero attached hydrogens (tertiary/aromatic N) is 2. The first-order chi connectivity index (χ1) is 13.7. The summed E-state index contributed by atoms with van der Waals surface area (Å²) in [6.07, 6.45) is 0.886. The highest BCUT2D eigenvalue weighted by molar-refractivity contribution is 5.54. The Morgan fingerprint density at radius 1 is 0.964 bits per heavy atom. The summed E-state index contributed by atoms with van der Waals surface area (Å²) in [5.74, 6) is 0.788. The fourth-order valence-electron chi connectivity index (χ4n) is 3.77. The van der Waals surface area contributed by atoms with E-state index in [1.54, 1.807) is 0 Å². The zero-order valence-electron chi connectivity index (χ0n) is 15.5. The van der Waals surface area contributed by atoms with Gasteiger partial charge < -0.3 is 9.64 Å². The lowest BCUT2D eigenvalue weighted by Crippen LogP contribution is -2.39. The Morgan fingerprint density at radius 2 is 1.68 bits per heavy atom. The van der Waals surface area contributed by atoms with Crippen molar-refractivity contribution in [1.82, 2.24) is 0 Å². The Balaban J connectivity index is 1.51. The number of hydrogen-bond donors (Lipinski definition) is 0. The van der Waals surface area contributed by atoms with Crippen molar-refractivity contribution in [3.63, 3.8) is 0 Å². The second-order valence-electron chi connectivity index (χ2n) is 6.94. The van der Waals surface area contributed by atoms with Crippen LogP contribution in [0.15, 0.2) is 78.9 Å². The van der Waals surface area contributed by atoms with E-state index in [0.717, 1.165) is 35.5 Å². The normalized spacial score (nSPS) is 15.7. The largest absolute Gasteiger partial charge is 0.489 e. The van der Waals surface area contributed by atoms with Gasteiger partial charge in [-0.05, 0) is 47.4 Å². The summed E-state index contributed by atoms with van der Waals surface area (Å²) in [5, 5.41) is 11.3. The number of fused-ring (bicyclic) bond motifs is 1. The number of rotatable bonds is 6.